The summed E-state index contributed by atoms with van der Waals surface area (Å²) in [6.45, 7) is 1.92. The van der Waals surface area contributed by atoms with Gasteiger partial charge in [0.2, 0.25) is 0 Å². The fraction of sp³-hybridized carbons (Fsp3) is 0.500. The summed E-state index contributed by atoms with van der Waals surface area (Å²) < 4.78 is 6.18. The van der Waals surface area contributed by atoms with Crippen LogP contribution in [0.1, 0.15) is 30.9 Å². The molecule has 1 fully saturated rings. The van der Waals surface area contributed by atoms with Gasteiger partial charge in [-0.15, -0.1) is 0 Å². The summed E-state index contributed by atoms with van der Waals surface area (Å²) in [7, 11) is 1.62. The third-order valence-electron chi connectivity index (χ3n) is 3.51. The molecule has 0 spiro atoms. The number of carboxylic acids is 1. The molecule has 104 valence electrons. The van der Waals surface area contributed by atoms with Crippen LogP contribution in [0.2, 0.25) is 0 Å². The third kappa shape index (κ3) is 3.48. The van der Waals surface area contributed by atoms with Crippen LogP contribution in [0.25, 0.3) is 0 Å². The average Bonchev–Trinajstić information content (AvgIpc) is 2.90. The number of halogens is 1. The van der Waals surface area contributed by atoms with Crippen molar-refractivity contribution in [2.24, 2.45) is 0 Å². The van der Waals surface area contributed by atoms with E-state index < -0.39 is 5.97 Å². The van der Waals surface area contributed by atoms with Gasteiger partial charge in [0.15, 0.2) is 0 Å². The number of hydrogen-bond donors (Lipinski definition) is 1. The summed E-state index contributed by atoms with van der Waals surface area (Å²) in [6.07, 6.45) is 2.39. The lowest BCUT2D eigenvalue weighted by Crippen LogP contribution is -2.28. The van der Waals surface area contributed by atoms with E-state index in [1.165, 1.54) is 0 Å². The molecule has 1 aromatic rings. The molecule has 0 saturated carbocycles. The fourth-order valence-corrected chi connectivity index (χ4v) is 3.07. The van der Waals surface area contributed by atoms with E-state index in [4.69, 9.17) is 9.84 Å². The van der Waals surface area contributed by atoms with Gasteiger partial charge in [-0.25, -0.2) is 0 Å². The number of carboxylic acid groups (broad SMARTS) is 1. The van der Waals surface area contributed by atoms with Crippen LogP contribution in [0, 0.1) is 0 Å². The Bertz CT molecular complexity index is 458. The first-order chi connectivity index (χ1) is 9.11. The van der Waals surface area contributed by atoms with Gasteiger partial charge in [-0.2, -0.15) is 0 Å². The number of carbonyl (C=O) groups is 1. The molecule has 0 radical (unpaired) electrons. The van der Waals surface area contributed by atoms with E-state index in [1.807, 2.05) is 18.2 Å². The second-order valence-corrected chi connectivity index (χ2v) is 5.60. The van der Waals surface area contributed by atoms with E-state index in [0.29, 0.717) is 0 Å². The SMILES string of the molecule is COc1ccc(Br)c(C(CC(=O)O)N2CCCC2)c1. The Balaban J connectivity index is 2.33. The van der Waals surface area contributed by atoms with Gasteiger partial charge in [0, 0.05) is 10.5 Å². The average molecular weight is 328 g/mol. The molecule has 1 aliphatic heterocycles. The molecular weight excluding hydrogens is 310 g/mol. The summed E-state index contributed by atoms with van der Waals surface area (Å²) in [5, 5.41) is 9.15. The van der Waals surface area contributed by atoms with Crippen LogP contribution in [0.15, 0.2) is 22.7 Å². The van der Waals surface area contributed by atoms with Crippen molar-refractivity contribution in [2.75, 3.05) is 20.2 Å². The molecule has 1 heterocycles. The standard InChI is InChI=1S/C14H18BrNO3/c1-19-10-4-5-12(15)11(8-10)13(9-14(17)18)16-6-2-3-7-16/h4-5,8,13H,2-3,6-7,9H2,1H3,(H,17,18). The number of aliphatic carboxylic acids is 1. The lowest BCUT2D eigenvalue weighted by molar-refractivity contribution is -0.138. The zero-order chi connectivity index (χ0) is 13.8. The van der Waals surface area contributed by atoms with Crippen LogP contribution in [-0.2, 0) is 4.79 Å². The van der Waals surface area contributed by atoms with Crippen molar-refractivity contribution in [3.63, 3.8) is 0 Å². The maximum absolute atomic E-state index is 11.1. The van der Waals surface area contributed by atoms with Crippen molar-refractivity contribution in [2.45, 2.75) is 25.3 Å². The Hall–Kier alpha value is -1.07. The van der Waals surface area contributed by atoms with Gasteiger partial charge in [-0.3, -0.25) is 9.69 Å². The molecule has 4 nitrogen and oxygen atoms in total. The number of rotatable bonds is 5. The van der Waals surface area contributed by atoms with Gasteiger partial charge in [-0.1, -0.05) is 15.9 Å². The number of benzene rings is 1. The molecule has 1 aromatic carbocycles. The Kier molecular flexibility index (Phi) is 4.82. The minimum atomic E-state index is -0.772. The van der Waals surface area contributed by atoms with E-state index in [1.54, 1.807) is 7.11 Å². The van der Waals surface area contributed by atoms with Crippen molar-refractivity contribution in [1.29, 1.82) is 0 Å². The molecule has 5 heteroatoms. The molecule has 1 N–H and O–H groups in total. The molecule has 1 saturated heterocycles. The maximum atomic E-state index is 11.1. The highest BCUT2D eigenvalue weighted by atomic mass is 79.9. The second kappa shape index (κ2) is 6.39. The molecule has 19 heavy (non-hydrogen) atoms. The molecule has 0 aliphatic carbocycles. The molecule has 1 atom stereocenters. The van der Waals surface area contributed by atoms with Gasteiger partial charge in [-0.05, 0) is 49.7 Å². The van der Waals surface area contributed by atoms with Crippen molar-refractivity contribution in [3.8, 4) is 5.75 Å². The number of methoxy groups -OCH3 is 1. The minimum Gasteiger partial charge on any atom is -0.497 e. The lowest BCUT2D eigenvalue weighted by atomic mass is 10.0. The summed E-state index contributed by atoms with van der Waals surface area (Å²) in [6, 6.07) is 5.62. The summed E-state index contributed by atoms with van der Waals surface area (Å²) in [4.78, 5) is 13.4. The smallest absolute Gasteiger partial charge is 0.305 e. The molecule has 0 aromatic heterocycles. The zero-order valence-electron chi connectivity index (χ0n) is 10.9. The molecule has 0 bridgehead atoms. The highest BCUT2D eigenvalue weighted by Crippen LogP contribution is 2.35. The predicted octanol–water partition coefficient (Wildman–Crippen LogP) is 3.07. The highest BCUT2D eigenvalue weighted by molar-refractivity contribution is 9.10. The number of ether oxygens (including phenoxy) is 1. The highest BCUT2D eigenvalue weighted by Gasteiger charge is 2.27. The summed E-state index contributed by atoms with van der Waals surface area (Å²) in [5.41, 5.74) is 0.989. The van der Waals surface area contributed by atoms with Crippen LogP contribution in [0.3, 0.4) is 0 Å². The van der Waals surface area contributed by atoms with Gasteiger partial charge >= 0.3 is 5.97 Å². The first-order valence-corrected chi connectivity index (χ1v) is 7.20. The quantitative estimate of drug-likeness (QED) is 0.902. The molecule has 2 rings (SSSR count). The molecule has 1 aliphatic rings. The summed E-state index contributed by atoms with van der Waals surface area (Å²) >= 11 is 3.52. The molecular formula is C14H18BrNO3. The third-order valence-corrected chi connectivity index (χ3v) is 4.23. The van der Waals surface area contributed by atoms with Gasteiger partial charge in [0.05, 0.1) is 13.5 Å². The molecule has 1 unspecified atom stereocenters. The second-order valence-electron chi connectivity index (χ2n) is 4.74. The first-order valence-electron chi connectivity index (χ1n) is 6.41. The predicted molar refractivity (Wildman–Crippen MR) is 76.5 cm³/mol. The van der Waals surface area contributed by atoms with Crippen LogP contribution in [0.4, 0.5) is 0 Å². The Morgan fingerprint density at radius 3 is 2.74 bits per heavy atom. The minimum absolute atomic E-state index is 0.0931. The lowest BCUT2D eigenvalue weighted by Gasteiger charge is -2.27. The summed E-state index contributed by atoms with van der Waals surface area (Å²) in [5.74, 6) is -0.0144. The Morgan fingerprint density at radius 1 is 1.47 bits per heavy atom. The normalized spacial score (nSPS) is 17.4. The van der Waals surface area contributed by atoms with Crippen molar-refractivity contribution in [3.05, 3.63) is 28.2 Å². The number of hydrogen-bond acceptors (Lipinski definition) is 3. The number of likely N-dealkylation sites (tertiary alicyclic amines) is 1. The largest absolute Gasteiger partial charge is 0.497 e. The van der Waals surface area contributed by atoms with Gasteiger partial charge < -0.3 is 9.84 Å². The Labute approximate surface area is 121 Å². The van der Waals surface area contributed by atoms with E-state index in [2.05, 4.69) is 20.8 Å². The van der Waals surface area contributed by atoms with E-state index in [9.17, 15) is 4.79 Å². The topological polar surface area (TPSA) is 49.8 Å². The van der Waals surface area contributed by atoms with Crippen LogP contribution >= 0.6 is 15.9 Å². The van der Waals surface area contributed by atoms with Crippen molar-refractivity contribution in [1.82, 2.24) is 4.90 Å². The number of nitrogens with zero attached hydrogens (tertiary/aromatic N) is 1. The van der Waals surface area contributed by atoms with Crippen LogP contribution in [0.5, 0.6) is 5.75 Å². The van der Waals surface area contributed by atoms with E-state index >= 15 is 0 Å². The van der Waals surface area contributed by atoms with Gasteiger partial charge in [0.25, 0.3) is 0 Å². The van der Waals surface area contributed by atoms with E-state index in [-0.39, 0.29) is 12.5 Å². The maximum Gasteiger partial charge on any atom is 0.305 e. The van der Waals surface area contributed by atoms with Crippen molar-refractivity contribution >= 4 is 21.9 Å². The zero-order valence-corrected chi connectivity index (χ0v) is 12.5. The monoisotopic (exact) mass is 327 g/mol. The first kappa shape index (κ1) is 14.3. The van der Waals surface area contributed by atoms with Crippen molar-refractivity contribution < 1.29 is 14.6 Å². The Morgan fingerprint density at radius 2 is 2.16 bits per heavy atom. The van der Waals surface area contributed by atoms with Gasteiger partial charge in [0.1, 0.15) is 5.75 Å². The fourth-order valence-electron chi connectivity index (χ4n) is 2.56. The van der Waals surface area contributed by atoms with E-state index in [0.717, 1.165) is 41.7 Å². The van der Waals surface area contributed by atoms with Crippen LogP contribution in [-0.4, -0.2) is 36.2 Å². The molecule has 0 amide bonds. The van der Waals surface area contributed by atoms with Crippen LogP contribution < -0.4 is 4.74 Å².